The number of hydrogen-bond donors (Lipinski definition) is 2. The number of hydrogen-bond acceptors (Lipinski definition) is 3. The van der Waals surface area contributed by atoms with Crippen molar-refractivity contribution in [2.75, 3.05) is 32.7 Å². The van der Waals surface area contributed by atoms with Crippen LogP contribution >= 0.6 is 11.6 Å². The molecule has 1 fully saturated rings. The molecule has 0 saturated carbocycles. The molecule has 0 spiro atoms. The van der Waals surface area contributed by atoms with Crippen LogP contribution in [0.3, 0.4) is 0 Å². The maximum absolute atomic E-state index is 10.1. The standard InChI is InChI=1S/C12H17ClN2O/c13-11-4-2-1-3-10(11)12(16)9-15-7-5-14-6-8-15/h1-4,12,14,16H,5-9H2. The van der Waals surface area contributed by atoms with E-state index in [4.69, 9.17) is 11.6 Å². The van der Waals surface area contributed by atoms with Gasteiger partial charge in [0, 0.05) is 43.3 Å². The van der Waals surface area contributed by atoms with Crippen molar-refractivity contribution in [1.82, 2.24) is 10.2 Å². The van der Waals surface area contributed by atoms with E-state index in [9.17, 15) is 5.11 Å². The minimum absolute atomic E-state index is 0.494. The van der Waals surface area contributed by atoms with Crippen LogP contribution in [-0.4, -0.2) is 42.7 Å². The fourth-order valence-electron chi connectivity index (χ4n) is 1.98. The Labute approximate surface area is 101 Å². The lowest BCUT2D eigenvalue weighted by molar-refractivity contribution is 0.106. The molecule has 1 heterocycles. The molecule has 2 rings (SSSR count). The summed E-state index contributed by atoms with van der Waals surface area (Å²) in [5, 5.41) is 14.0. The zero-order valence-electron chi connectivity index (χ0n) is 9.19. The second kappa shape index (κ2) is 5.64. The van der Waals surface area contributed by atoms with Gasteiger partial charge < -0.3 is 10.4 Å². The third-order valence-electron chi connectivity index (χ3n) is 2.90. The van der Waals surface area contributed by atoms with Crippen molar-refractivity contribution in [2.24, 2.45) is 0 Å². The number of aliphatic hydroxyl groups is 1. The second-order valence-electron chi connectivity index (χ2n) is 4.09. The topological polar surface area (TPSA) is 35.5 Å². The molecule has 0 aliphatic carbocycles. The number of benzene rings is 1. The molecule has 1 aliphatic rings. The third kappa shape index (κ3) is 2.95. The molecular weight excluding hydrogens is 224 g/mol. The summed E-state index contributed by atoms with van der Waals surface area (Å²) in [6, 6.07) is 7.48. The Bertz CT molecular complexity index is 340. The van der Waals surface area contributed by atoms with Crippen molar-refractivity contribution in [1.29, 1.82) is 0 Å². The maximum atomic E-state index is 10.1. The van der Waals surface area contributed by atoms with Gasteiger partial charge in [-0.25, -0.2) is 0 Å². The zero-order chi connectivity index (χ0) is 11.4. The molecule has 0 bridgehead atoms. The Morgan fingerprint density at radius 2 is 2.00 bits per heavy atom. The molecular formula is C12H17ClN2O. The molecule has 1 saturated heterocycles. The van der Waals surface area contributed by atoms with E-state index >= 15 is 0 Å². The van der Waals surface area contributed by atoms with E-state index in [1.54, 1.807) is 0 Å². The van der Waals surface area contributed by atoms with E-state index in [1.807, 2.05) is 24.3 Å². The van der Waals surface area contributed by atoms with Crippen molar-refractivity contribution >= 4 is 11.6 Å². The summed E-state index contributed by atoms with van der Waals surface area (Å²) in [5.41, 5.74) is 0.822. The van der Waals surface area contributed by atoms with E-state index in [-0.39, 0.29) is 0 Å². The van der Waals surface area contributed by atoms with Crippen molar-refractivity contribution in [3.8, 4) is 0 Å². The van der Waals surface area contributed by atoms with E-state index in [2.05, 4.69) is 10.2 Å². The van der Waals surface area contributed by atoms with Gasteiger partial charge >= 0.3 is 0 Å². The van der Waals surface area contributed by atoms with E-state index in [0.29, 0.717) is 11.6 Å². The molecule has 0 radical (unpaired) electrons. The highest BCUT2D eigenvalue weighted by Crippen LogP contribution is 2.23. The quantitative estimate of drug-likeness (QED) is 0.836. The highest BCUT2D eigenvalue weighted by atomic mass is 35.5. The first-order chi connectivity index (χ1) is 7.77. The smallest absolute Gasteiger partial charge is 0.0931 e. The molecule has 2 N–H and O–H groups in total. The first-order valence-electron chi connectivity index (χ1n) is 5.63. The van der Waals surface area contributed by atoms with Gasteiger partial charge in [-0.15, -0.1) is 0 Å². The summed E-state index contributed by atoms with van der Waals surface area (Å²) in [5.74, 6) is 0. The summed E-state index contributed by atoms with van der Waals surface area (Å²) >= 11 is 6.05. The molecule has 16 heavy (non-hydrogen) atoms. The fraction of sp³-hybridized carbons (Fsp3) is 0.500. The van der Waals surface area contributed by atoms with E-state index in [0.717, 1.165) is 31.7 Å². The van der Waals surface area contributed by atoms with Crippen LogP contribution in [0.15, 0.2) is 24.3 Å². The summed E-state index contributed by atoms with van der Waals surface area (Å²) in [7, 11) is 0. The molecule has 88 valence electrons. The predicted molar refractivity (Wildman–Crippen MR) is 65.7 cm³/mol. The normalized spacial score (nSPS) is 19.6. The molecule has 1 unspecified atom stereocenters. The van der Waals surface area contributed by atoms with E-state index in [1.165, 1.54) is 0 Å². The van der Waals surface area contributed by atoms with Gasteiger partial charge in [-0.1, -0.05) is 29.8 Å². The number of nitrogens with zero attached hydrogens (tertiary/aromatic N) is 1. The Morgan fingerprint density at radius 3 is 2.69 bits per heavy atom. The lowest BCUT2D eigenvalue weighted by Gasteiger charge is -2.29. The van der Waals surface area contributed by atoms with Gasteiger partial charge in [-0.3, -0.25) is 4.90 Å². The largest absolute Gasteiger partial charge is 0.387 e. The summed E-state index contributed by atoms with van der Waals surface area (Å²) in [6.07, 6.45) is -0.494. The Balaban J connectivity index is 1.96. The van der Waals surface area contributed by atoms with Crippen LogP contribution in [0.2, 0.25) is 5.02 Å². The van der Waals surface area contributed by atoms with Gasteiger partial charge in [0.1, 0.15) is 0 Å². The summed E-state index contributed by atoms with van der Waals surface area (Å²) < 4.78 is 0. The van der Waals surface area contributed by atoms with Gasteiger partial charge in [0.2, 0.25) is 0 Å². The Morgan fingerprint density at radius 1 is 1.31 bits per heavy atom. The number of rotatable bonds is 3. The van der Waals surface area contributed by atoms with Crippen molar-refractivity contribution < 1.29 is 5.11 Å². The Hall–Kier alpha value is -0.610. The molecule has 1 aromatic rings. The van der Waals surface area contributed by atoms with Crippen molar-refractivity contribution in [3.63, 3.8) is 0 Å². The van der Waals surface area contributed by atoms with Gasteiger partial charge in [0.25, 0.3) is 0 Å². The monoisotopic (exact) mass is 240 g/mol. The molecule has 4 heteroatoms. The molecule has 1 aliphatic heterocycles. The third-order valence-corrected chi connectivity index (χ3v) is 3.25. The van der Waals surface area contributed by atoms with Crippen LogP contribution in [0.1, 0.15) is 11.7 Å². The highest BCUT2D eigenvalue weighted by molar-refractivity contribution is 6.31. The zero-order valence-corrected chi connectivity index (χ0v) is 9.95. The lowest BCUT2D eigenvalue weighted by atomic mass is 10.1. The van der Waals surface area contributed by atoms with Crippen LogP contribution in [0.25, 0.3) is 0 Å². The van der Waals surface area contributed by atoms with Gasteiger partial charge in [-0.2, -0.15) is 0 Å². The van der Waals surface area contributed by atoms with Gasteiger partial charge in [-0.05, 0) is 6.07 Å². The first kappa shape index (κ1) is 11.9. The molecule has 1 aromatic carbocycles. The average molecular weight is 241 g/mol. The van der Waals surface area contributed by atoms with Gasteiger partial charge in [0.05, 0.1) is 6.10 Å². The molecule has 1 atom stereocenters. The average Bonchev–Trinajstić information content (AvgIpc) is 2.31. The molecule has 0 amide bonds. The van der Waals surface area contributed by atoms with Crippen LogP contribution in [0, 0.1) is 0 Å². The Kier molecular flexibility index (Phi) is 4.18. The minimum atomic E-state index is -0.494. The number of nitrogens with one attached hydrogen (secondary N) is 1. The number of β-amino-alcohol motifs (C(OH)–C–C–N with tert-alkyl or cyclic N) is 1. The predicted octanol–water partition coefficient (Wildman–Crippen LogP) is 1.28. The van der Waals surface area contributed by atoms with E-state index < -0.39 is 6.10 Å². The number of aliphatic hydroxyl groups excluding tert-OH is 1. The lowest BCUT2D eigenvalue weighted by Crippen LogP contribution is -2.44. The molecule has 0 aromatic heterocycles. The second-order valence-corrected chi connectivity index (χ2v) is 4.50. The van der Waals surface area contributed by atoms with Crippen LogP contribution < -0.4 is 5.32 Å². The van der Waals surface area contributed by atoms with Crippen LogP contribution in [-0.2, 0) is 0 Å². The van der Waals surface area contributed by atoms with Gasteiger partial charge in [0.15, 0.2) is 0 Å². The minimum Gasteiger partial charge on any atom is -0.387 e. The maximum Gasteiger partial charge on any atom is 0.0931 e. The summed E-state index contributed by atoms with van der Waals surface area (Å²) in [6.45, 7) is 4.62. The van der Waals surface area contributed by atoms with Crippen molar-refractivity contribution in [3.05, 3.63) is 34.9 Å². The first-order valence-corrected chi connectivity index (χ1v) is 6.01. The number of halogens is 1. The van der Waals surface area contributed by atoms with Crippen LogP contribution in [0.5, 0.6) is 0 Å². The fourth-order valence-corrected chi connectivity index (χ4v) is 2.24. The summed E-state index contributed by atoms with van der Waals surface area (Å²) in [4.78, 5) is 2.25. The van der Waals surface area contributed by atoms with Crippen molar-refractivity contribution in [2.45, 2.75) is 6.10 Å². The molecule has 3 nitrogen and oxygen atoms in total. The van der Waals surface area contributed by atoms with Crippen LogP contribution in [0.4, 0.5) is 0 Å². The SMILES string of the molecule is OC(CN1CCNCC1)c1ccccc1Cl. The number of piperazine rings is 1. The highest BCUT2D eigenvalue weighted by Gasteiger charge is 2.17.